The van der Waals surface area contributed by atoms with E-state index in [2.05, 4.69) is 10.3 Å². The van der Waals surface area contributed by atoms with Crippen molar-refractivity contribution in [1.82, 2.24) is 10.3 Å². The molecule has 0 spiro atoms. The van der Waals surface area contributed by atoms with Crippen molar-refractivity contribution < 1.29 is 19.1 Å². The SMILES string of the molecule is O=C(CNC(=O)c1cc(Cl)ccn1)OCC(=O)c1ccc2c(c1)CCCC2. The average molecular weight is 387 g/mol. The molecule has 6 nitrogen and oxygen atoms in total. The number of hydrogen-bond donors (Lipinski definition) is 1. The molecular formula is C20H19ClN2O4. The fraction of sp³-hybridized carbons (Fsp3) is 0.300. The van der Waals surface area contributed by atoms with Crippen LogP contribution in [-0.2, 0) is 22.4 Å². The summed E-state index contributed by atoms with van der Waals surface area (Å²) < 4.78 is 4.96. The molecule has 0 unspecified atom stereocenters. The Morgan fingerprint density at radius 3 is 2.63 bits per heavy atom. The fourth-order valence-corrected chi connectivity index (χ4v) is 3.12. The topological polar surface area (TPSA) is 85.4 Å². The second-order valence-corrected chi connectivity index (χ2v) is 6.75. The highest BCUT2D eigenvalue weighted by atomic mass is 35.5. The second-order valence-electron chi connectivity index (χ2n) is 6.32. The number of nitrogens with one attached hydrogen (secondary N) is 1. The van der Waals surface area contributed by atoms with Gasteiger partial charge in [0.25, 0.3) is 5.91 Å². The number of Topliss-reactive ketones (excluding diaryl/α,β-unsaturated/α-hetero) is 1. The molecule has 0 saturated carbocycles. The summed E-state index contributed by atoms with van der Waals surface area (Å²) in [5, 5.41) is 2.75. The van der Waals surface area contributed by atoms with Gasteiger partial charge in [0.2, 0.25) is 0 Å². The van der Waals surface area contributed by atoms with Gasteiger partial charge in [0, 0.05) is 16.8 Å². The van der Waals surface area contributed by atoms with Crippen molar-refractivity contribution in [2.24, 2.45) is 0 Å². The first-order valence-electron chi connectivity index (χ1n) is 8.73. The third kappa shape index (κ3) is 5.14. The molecule has 0 radical (unpaired) electrons. The summed E-state index contributed by atoms with van der Waals surface area (Å²) >= 11 is 5.79. The van der Waals surface area contributed by atoms with Crippen molar-refractivity contribution in [3.63, 3.8) is 0 Å². The molecule has 0 saturated heterocycles. The van der Waals surface area contributed by atoms with Crippen LogP contribution in [0.5, 0.6) is 0 Å². The van der Waals surface area contributed by atoms with E-state index in [0.29, 0.717) is 10.6 Å². The molecule has 0 fully saturated rings. The van der Waals surface area contributed by atoms with Crippen LogP contribution in [0.1, 0.15) is 44.8 Å². The van der Waals surface area contributed by atoms with Crippen LogP contribution in [0.4, 0.5) is 0 Å². The second kappa shape index (κ2) is 8.77. The van der Waals surface area contributed by atoms with E-state index in [1.165, 1.54) is 29.8 Å². The Labute approximate surface area is 161 Å². The molecule has 1 aromatic carbocycles. The molecule has 0 bridgehead atoms. The van der Waals surface area contributed by atoms with Gasteiger partial charge >= 0.3 is 5.97 Å². The molecule has 1 amide bonds. The zero-order valence-corrected chi connectivity index (χ0v) is 15.4. The predicted octanol–water partition coefficient (Wildman–Crippen LogP) is 2.77. The number of carbonyl (C=O) groups is 3. The molecule has 27 heavy (non-hydrogen) atoms. The number of aromatic nitrogens is 1. The normalized spacial score (nSPS) is 12.8. The van der Waals surface area contributed by atoms with Crippen LogP contribution in [0.25, 0.3) is 0 Å². The first-order chi connectivity index (χ1) is 13.0. The van der Waals surface area contributed by atoms with Crippen LogP contribution in [0.2, 0.25) is 5.02 Å². The number of nitrogens with zero attached hydrogens (tertiary/aromatic N) is 1. The van der Waals surface area contributed by atoms with Crippen LogP contribution in [-0.4, -0.2) is 35.8 Å². The number of hydrogen-bond acceptors (Lipinski definition) is 5. The molecule has 1 heterocycles. The molecule has 0 atom stereocenters. The zero-order valence-electron chi connectivity index (χ0n) is 14.7. The number of carbonyl (C=O) groups excluding carboxylic acids is 3. The van der Waals surface area contributed by atoms with E-state index in [-0.39, 0.29) is 24.6 Å². The van der Waals surface area contributed by atoms with Crippen LogP contribution in [0, 0.1) is 0 Å². The molecule has 7 heteroatoms. The molecule has 1 aliphatic rings. The smallest absolute Gasteiger partial charge is 0.325 e. The summed E-state index contributed by atoms with van der Waals surface area (Å²) in [6.45, 7) is -0.715. The minimum absolute atomic E-state index is 0.0976. The summed E-state index contributed by atoms with van der Waals surface area (Å²) in [7, 11) is 0. The molecule has 1 aliphatic carbocycles. The van der Waals surface area contributed by atoms with Gasteiger partial charge < -0.3 is 10.1 Å². The van der Waals surface area contributed by atoms with E-state index in [1.807, 2.05) is 12.1 Å². The number of esters is 1. The summed E-state index contributed by atoms with van der Waals surface area (Å²) in [5.74, 6) is -1.51. The standard InChI is InChI=1S/C20H19ClN2O4/c21-16-7-8-22-17(10-16)20(26)23-11-19(25)27-12-18(24)15-6-5-13-3-1-2-4-14(13)9-15/h5-10H,1-4,11-12H2,(H,23,26). The highest BCUT2D eigenvalue weighted by Crippen LogP contribution is 2.22. The quantitative estimate of drug-likeness (QED) is 0.609. The Morgan fingerprint density at radius 2 is 1.85 bits per heavy atom. The van der Waals surface area contributed by atoms with E-state index in [9.17, 15) is 14.4 Å². The maximum Gasteiger partial charge on any atom is 0.325 e. The van der Waals surface area contributed by atoms with E-state index in [1.54, 1.807) is 12.1 Å². The number of ketones is 1. The molecule has 140 valence electrons. The minimum atomic E-state index is -0.698. The van der Waals surface area contributed by atoms with Crippen LogP contribution < -0.4 is 5.32 Å². The third-order valence-electron chi connectivity index (χ3n) is 4.38. The number of amides is 1. The lowest BCUT2D eigenvalue weighted by molar-refractivity contribution is -0.141. The molecule has 1 aromatic heterocycles. The van der Waals surface area contributed by atoms with Gasteiger partial charge in [0.1, 0.15) is 12.2 Å². The zero-order chi connectivity index (χ0) is 19.2. The first kappa shape index (κ1) is 19.0. The van der Waals surface area contributed by atoms with E-state index >= 15 is 0 Å². The number of fused-ring (bicyclic) bond motifs is 1. The number of rotatable bonds is 6. The Morgan fingerprint density at radius 1 is 1.07 bits per heavy atom. The number of aryl methyl sites for hydroxylation is 2. The maximum absolute atomic E-state index is 12.2. The number of ether oxygens (including phenoxy) is 1. The van der Waals surface area contributed by atoms with Gasteiger partial charge in [-0.05, 0) is 55.0 Å². The lowest BCUT2D eigenvalue weighted by Crippen LogP contribution is -2.32. The molecule has 1 N–H and O–H groups in total. The number of pyridine rings is 1. The Hall–Kier alpha value is -2.73. The van der Waals surface area contributed by atoms with Gasteiger partial charge in [-0.3, -0.25) is 19.4 Å². The van der Waals surface area contributed by atoms with Crippen molar-refractivity contribution >= 4 is 29.3 Å². The molecule has 3 rings (SSSR count). The third-order valence-corrected chi connectivity index (χ3v) is 4.62. The monoisotopic (exact) mass is 386 g/mol. The Balaban J connectivity index is 1.47. The summed E-state index contributed by atoms with van der Waals surface area (Å²) in [6, 6.07) is 8.56. The molecule has 0 aliphatic heterocycles. The fourth-order valence-electron chi connectivity index (χ4n) is 2.96. The summed E-state index contributed by atoms with van der Waals surface area (Å²) in [6.07, 6.45) is 5.71. The van der Waals surface area contributed by atoms with Crippen molar-refractivity contribution in [1.29, 1.82) is 0 Å². The number of halogens is 1. The lowest BCUT2D eigenvalue weighted by atomic mass is 9.90. The van der Waals surface area contributed by atoms with Crippen molar-refractivity contribution in [2.75, 3.05) is 13.2 Å². The average Bonchev–Trinajstić information content (AvgIpc) is 2.69. The number of benzene rings is 1. The highest BCUT2D eigenvalue weighted by Gasteiger charge is 2.15. The van der Waals surface area contributed by atoms with E-state index in [4.69, 9.17) is 16.3 Å². The molecule has 2 aromatic rings. The van der Waals surface area contributed by atoms with Gasteiger partial charge in [0.05, 0.1) is 0 Å². The summed E-state index contributed by atoms with van der Waals surface area (Å²) in [5.41, 5.74) is 3.11. The minimum Gasteiger partial charge on any atom is -0.456 e. The van der Waals surface area contributed by atoms with Crippen molar-refractivity contribution in [3.8, 4) is 0 Å². The van der Waals surface area contributed by atoms with Crippen molar-refractivity contribution in [2.45, 2.75) is 25.7 Å². The van der Waals surface area contributed by atoms with E-state index < -0.39 is 11.9 Å². The van der Waals surface area contributed by atoms with Gasteiger partial charge in [-0.25, -0.2) is 0 Å². The van der Waals surface area contributed by atoms with Crippen LogP contribution in [0.3, 0.4) is 0 Å². The van der Waals surface area contributed by atoms with Gasteiger partial charge in [0.15, 0.2) is 12.4 Å². The predicted molar refractivity (Wildman–Crippen MR) is 100.0 cm³/mol. The van der Waals surface area contributed by atoms with Gasteiger partial charge in [-0.15, -0.1) is 0 Å². The van der Waals surface area contributed by atoms with E-state index in [0.717, 1.165) is 19.3 Å². The van der Waals surface area contributed by atoms with Crippen molar-refractivity contribution in [3.05, 3.63) is 63.9 Å². The van der Waals surface area contributed by atoms with Gasteiger partial charge in [-0.2, -0.15) is 0 Å². The molecular weight excluding hydrogens is 368 g/mol. The first-order valence-corrected chi connectivity index (χ1v) is 9.11. The largest absolute Gasteiger partial charge is 0.456 e. The maximum atomic E-state index is 12.2. The summed E-state index contributed by atoms with van der Waals surface area (Å²) in [4.78, 5) is 39.8. The lowest BCUT2D eigenvalue weighted by Gasteiger charge is -2.16. The highest BCUT2D eigenvalue weighted by molar-refractivity contribution is 6.30. The van der Waals surface area contributed by atoms with Crippen LogP contribution in [0.15, 0.2) is 36.5 Å². The Bertz CT molecular complexity index is 882. The van der Waals surface area contributed by atoms with Gasteiger partial charge in [-0.1, -0.05) is 23.7 Å². The Kier molecular flexibility index (Phi) is 6.19. The van der Waals surface area contributed by atoms with Crippen LogP contribution >= 0.6 is 11.6 Å².